The lowest BCUT2D eigenvalue weighted by atomic mass is 10.1. The van der Waals surface area contributed by atoms with Gasteiger partial charge < -0.3 is 5.32 Å². The number of halogens is 1. The lowest BCUT2D eigenvalue weighted by Crippen LogP contribution is -2.05. The highest BCUT2D eigenvalue weighted by molar-refractivity contribution is 5.55. The van der Waals surface area contributed by atoms with E-state index in [0.717, 1.165) is 5.56 Å². The molecule has 0 radical (unpaired) electrons. The zero-order valence-corrected chi connectivity index (χ0v) is 11.2. The fraction of sp³-hybridized carbons (Fsp3) is 0.214. The molecule has 0 unspecified atom stereocenters. The van der Waals surface area contributed by atoms with Crippen LogP contribution in [0.3, 0.4) is 0 Å². The fourth-order valence-electron chi connectivity index (χ4n) is 2.00. The molecule has 0 spiro atoms. The molecule has 0 saturated carbocycles. The lowest BCUT2D eigenvalue weighted by molar-refractivity contribution is -0.384. The molecule has 1 heterocycles. The van der Waals surface area contributed by atoms with E-state index >= 15 is 0 Å². The van der Waals surface area contributed by atoms with E-state index in [4.69, 9.17) is 0 Å². The quantitative estimate of drug-likeness (QED) is 0.686. The summed E-state index contributed by atoms with van der Waals surface area (Å²) in [5.41, 5.74) is 1.87. The topological polar surface area (TPSA) is 68.1 Å². The van der Waals surface area contributed by atoms with Crippen LogP contribution in [0.25, 0.3) is 0 Å². The molecule has 0 aliphatic heterocycles. The van der Waals surface area contributed by atoms with Gasteiger partial charge in [-0.15, -0.1) is 0 Å². The predicted octanol–water partition coefficient (Wildman–Crippen LogP) is 3.36. The van der Waals surface area contributed by atoms with E-state index in [1.807, 2.05) is 0 Å². The molecular formula is C14H14FN3O2. The summed E-state index contributed by atoms with van der Waals surface area (Å²) in [4.78, 5) is 14.3. The van der Waals surface area contributed by atoms with Crippen LogP contribution in [0.15, 0.2) is 30.5 Å². The highest BCUT2D eigenvalue weighted by Gasteiger charge is 2.13. The Morgan fingerprint density at radius 1 is 1.35 bits per heavy atom. The van der Waals surface area contributed by atoms with Crippen LogP contribution < -0.4 is 5.32 Å². The molecule has 0 bridgehead atoms. The smallest absolute Gasteiger partial charge is 0.311 e. The summed E-state index contributed by atoms with van der Waals surface area (Å²) in [5.74, 6) is -0.0188. The second-order valence-corrected chi connectivity index (χ2v) is 4.53. The second-order valence-electron chi connectivity index (χ2n) is 4.53. The SMILES string of the molecule is Cc1cc(CNc2ncccc2[N+](=O)[O-])cc(C)c1F. The van der Waals surface area contributed by atoms with Crippen LogP contribution >= 0.6 is 0 Å². The predicted molar refractivity (Wildman–Crippen MR) is 74.1 cm³/mol. The molecule has 5 nitrogen and oxygen atoms in total. The second kappa shape index (κ2) is 5.64. The first-order valence-electron chi connectivity index (χ1n) is 6.08. The van der Waals surface area contributed by atoms with E-state index < -0.39 is 4.92 Å². The van der Waals surface area contributed by atoms with Crippen LogP contribution in [0.5, 0.6) is 0 Å². The molecule has 0 aliphatic carbocycles. The van der Waals surface area contributed by atoms with Crippen LogP contribution in [0.1, 0.15) is 16.7 Å². The van der Waals surface area contributed by atoms with Crippen molar-refractivity contribution < 1.29 is 9.31 Å². The highest BCUT2D eigenvalue weighted by atomic mass is 19.1. The largest absolute Gasteiger partial charge is 0.360 e. The maximum atomic E-state index is 13.5. The molecule has 2 aromatic rings. The number of nitrogens with zero attached hydrogens (tertiary/aromatic N) is 2. The summed E-state index contributed by atoms with van der Waals surface area (Å²) in [6.45, 7) is 3.73. The Bertz CT molecular complexity index is 636. The Morgan fingerprint density at radius 3 is 2.60 bits per heavy atom. The molecule has 6 heteroatoms. The molecule has 1 aromatic heterocycles. The van der Waals surface area contributed by atoms with Crippen LogP contribution in [-0.2, 0) is 6.54 Å². The third-order valence-corrected chi connectivity index (χ3v) is 2.94. The van der Waals surface area contributed by atoms with Gasteiger partial charge in [0.1, 0.15) is 5.82 Å². The minimum Gasteiger partial charge on any atom is -0.360 e. The minimum atomic E-state index is -0.490. The fourth-order valence-corrected chi connectivity index (χ4v) is 2.00. The van der Waals surface area contributed by atoms with Crippen LogP contribution in [0.4, 0.5) is 15.9 Å². The van der Waals surface area contributed by atoms with Gasteiger partial charge >= 0.3 is 5.69 Å². The maximum absolute atomic E-state index is 13.5. The third-order valence-electron chi connectivity index (χ3n) is 2.94. The molecule has 1 N–H and O–H groups in total. The first-order valence-corrected chi connectivity index (χ1v) is 6.08. The summed E-state index contributed by atoms with van der Waals surface area (Å²) in [6.07, 6.45) is 1.48. The number of nitro groups is 1. The van der Waals surface area contributed by atoms with Gasteiger partial charge in [-0.05, 0) is 36.6 Å². The first-order chi connectivity index (χ1) is 9.49. The summed E-state index contributed by atoms with van der Waals surface area (Å²) < 4.78 is 13.5. The Balaban J connectivity index is 2.19. The van der Waals surface area contributed by atoms with Gasteiger partial charge in [-0.3, -0.25) is 10.1 Å². The molecular weight excluding hydrogens is 261 g/mol. The van der Waals surface area contributed by atoms with Crippen LogP contribution in [0.2, 0.25) is 0 Å². The van der Waals surface area contributed by atoms with E-state index in [1.165, 1.54) is 18.3 Å². The monoisotopic (exact) mass is 275 g/mol. The van der Waals surface area contributed by atoms with Gasteiger partial charge in [0.25, 0.3) is 0 Å². The van der Waals surface area contributed by atoms with Crippen molar-refractivity contribution in [2.45, 2.75) is 20.4 Å². The Labute approximate surface area is 115 Å². The molecule has 0 saturated heterocycles. The van der Waals surface area contributed by atoms with Crippen molar-refractivity contribution >= 4 is 11.5 Å². The number of aryl methyl sites for hydroxylation is 2. The number of anilines is 1. The number of rotatable bonds is 4. The molecule has 0 fully saturated rings. The molecule has 0 atom stereocenters. The first kappa shape index (κ1) is 13.9. The van der Waals surface area contributed by atoms with Crippen molar-refractivity contribution in [2.75, 3.05) is 5.32 Å². The maximum Gasteiger partial charge on any atom is 0.311 e. The highest BCUT2D eigenvalue weighted by Crippen LogP contribution is 2.22. The number of hydrogen-bond donors (Lipinski definition) is 1. The van der Waals surface area contributed by atoms with Gasteiger partial charge in [-0.1, -0.05) is 12.1 Å². The van der Waals surface area contributed by atoms with Crippen molar-refractivity contribution in [3.05, 3.63) is 63.1 Å². The average molecular weight is 275 g/mol. The number of benzene rings is 1. The molecule has 1 aromatic carbocycles. The summed E-state index contributed by atoms with van der Waals surface area (Å²) in [6, 6.07) is 6.32. The summed E-state index contributed by atoms with van der Waals surface area (Å²) in [7, 11) is 0. The van der Waals surface area contributed by atoms with Gasteiger partial charge in [0, 0.05) is 18.8 Å². The zero-order chi connectivity index (χ0) is 14.7. The average Bonchev–Trinajstić information content (AvgIpc) is 2.42. The standard InChI is InChI=1S/C14H14FN3O2/c1-9-6-11(7-10(2)13(9)15)8-17-14-12(18(19)20)4-3-5-16-14/h3-7H,8H2,1-2H3,(H,16,17). The molecule has 0 aliphatic rings. The van der Waals surface area contributed by atoms with Crippen molar-refractivity contribution in [1.29, 1.82) is 0 Å². The van der Waals surface area contributed by atoms with Crippen LogP contribution in [0, 0.1) is 29.8 Å². The Kier molecular flexibility index (Phi) is 3.93. The Hall–Kier alpha value is -2.50. The van der Waals surface area contributed by atoms with Gasteiger partial charge in [0.15, 0.2) is 0 Å². The molecule has 20 heavy (non-hydrogen) atoms. The lowest BCUT2D eigenvalue weighted by Gasteiger charge is -2.09. The van der Waals surface area contributed by atoms with Gasteiger partial charge in [-0.2, -0.15) is 0 Å². The number of hydrogen-bond acceptors (Lipinski definition) is 4. The van der Waals surface area contributed by atoms with E-state index in [2.05, 4.69) is 10.3 Å². The van der Waals surface area contributed by atoms with Gasteiger partial charge in [0.2, 0.25) is 5.82 Å². The number of aromatic nitrogens is 1. The van der Waals surface area contributed by atoms with Gasteiger partial charge in [0.05, 0.1) is 4.92 Å². The van der Waals surface area contributed by atoms with E-state index in [0.29, 0.717) is 17.7 Å². The number of nitrogens with one attached hydrogen (secondary N) is 1. The third kappa shape index (κ3) is 2.90. The van der Waals surface area contributed by atoms with Crippen molar-refractivity contribution in [3.63, 3.8) is 0 Å². The Morgan fingerprint density at radius 2 is 2.00 bits per heavy atom. The summed E-state index contributed by atoms with van der Waals surface area (Å²) in [5, 5.41) is 13.8. The van der Waals surface area contributed by atoms with Crippen LogP contribution in [-0.4, -0.2) is 9.91 Å². The molecule has 2 rings (SSSR count). The minimum absolute atomic E-state index is 0.0805. The van der Waals surface area contributed by atoms with Crippen molar-refractivity contribution in [3.8, 4) is 0 Å². The molecule has 104 valence electrons. The van der Waals surface area contributed by atoms with E-state index in [1.54, 1.807) is 26.0 Å². The zero-order valence-electron chi connectivity index (χ0n) is 11.2. The normalized spacial score (nSPS) is 10.3. The van der Waals surface area contributed by atoms with Gasteiger partial charge in [-0.25, -0.2) is 9.37 Å². The van der Waals surface area contributed by atoms with Crippen molar-refractivity contribution in [1.82, 2.24) is 4.98 Å². The number of pyridine rings is 1. The summed E-state index contributed by atoms with van der Waals surface area (Å²) >= 11 is 0. The van der Waals surface area contributed by atoms with E-state index in [-0.39, 0.29) is 17.3 Å². The van der Waals surface area contributed by atoms with E-state index in [9.17, 15) is 14.5 Å². The van der Waals surface area contributed by atoms with Crippen molar-refractivity contribution in [2.24, 2.45) is 0 Å². The molecule has 0 amide bonds.